The van der Waals surface area contributed by atoms with E-state index in [0.29, 0.717) is 29.2 Å². The van der Waals surface area contributed by atoms with Crippen molar-refractivity contribution in [3.05, 3.63) is 60.0 Å². The molecule has 2 heterocycles. The number of rotatable bonds is 10. The van der Waals surface area contributed by atoms with Gasteiger partial charge in [0.05, 0.1) is 6.54 Å². The van der Waals surface area contributed by atoms with Crippen LogP contribution in [0, 0.1) is 23.6 Å². The van der Waals surface area contributed by atoms with Gasteiger partial charge in [0.2, 0.25) is 0 Å². The van der Waals surface area contributed by atoms with Crippen LogP contribution >= 0.6 is 0 Å². The van der Waals surface area contributed by atoms with Crippen molar-refractivity contribution in [2.75, 3.05) is 19.9 Å². The second kappa shape index (κ2) is 11.0. The van der Waals surface area contributed by atoms with E-state index in [1.165, 1.54) is 28.8 Å². The van der Waals surface area contributed by atoms with Crippen molar-refractivity contribution in [1.29, 1.82) is 0 Å². The highest BCUT2D eigenvalue weighted by Gasteiger charge is 2.53. The zero-order valence-corrected chi connectivity index (χ0v) is 24.0. The summed E-state index contributed by atoms with van der Waals surface area (Å²) in [5.41, 5.74) is -1.18. The van der Waals surface area contributed by atoms with E-state index in [-0.39, 0.29) is 25.8 Å². The Balaban J connectivity index is 1.40. The van der Waals surface area contributed by atoms with Gasteiger partial charge >= 0.3 is 6.03 Å². The Morgan fingerprint density at radius 3 is 2.60 bits per heavy atom. The van der Waals surface area contributed by atoms with Crippen LogP contribution < -0.4 is 10.1 Å². The SMILES string of the molecule is C[Si](C)(C)CCOCN1C(=O)N[C@@](Cn2cc3ccc(OCC#CC4CC4)cc3c2O)(c2ccc(F)cc2)C1=O. The van der Waals surface area contributed by atoms with Gasteiger partial charge in [0.15, 0.2) is 11.4 Å². The number of hydrogen-bond donors (Lipinski definition) is 2. The predicted octanol–water partition coefficient (Wildman–Crippen LogP) is 5.04. The van der Waals surface area contributed by atoms with Crippen LogP contribution in [0.4, 0.5) is 9.18 Å². The highest BCUT2D eigenvalue weighted by Crippen LogP contribution is 2.36. The summed E-state index contributed by atoms with van der Waals surface area (Å²) in [6.45, 7) is 7.05. The molecule has 2 aliphatic rings. The van der Waals surface area contributed by atoms with E-state index in [0.717, 1.165) is 29.2 Å². The Kier molecular flexibility index (Phi) is 7.62. The minimum absolute atomic E-state index is 0.0853. The number of aromatic hydroxyl groups is 1. The average Bonchev–Trinajstić information content (AvgIpc) is 3.64. The van der Waals surface area contributed by atoms with Gasteiger partial charge in [-0.2, -0.15) is 0 Å². The molecule has 2 N–H and O–H groups in total. The number of fused-ring (bicyclic) bond motifs is 1. The molecule has 3 amide bonds. The molecule has 1 aromatic heterocycles. The number of hydrogen-bond acceptors (Lipinski definition) is 5. The van der Waals surface area contributed by atoms with Gasteiger partial charge in [0.25, 0.3) is 5.91 Å². The Morgan fingerprint density at radius 1 is 1.15 bits per heavy atom. The first kappa shape index (κ1) is 27.7. The van der Waals surface area contributed by atoms with Crippen molar-refractivity contribution in [3.63, 3.8) is 0 Å². The molecule has 1 saturated heterocycles. The Hall–Kier alpha value is -3.81. The van der Waals surface area contributed by atoms with Crippen molar-refractivity contribution in [2.45, 2.75) is 50.6 Å². The van der Waals surface area contributed by atoms with E-state index in [9.17, 15) is 19.1 Å². The summed E-state index contributed by atoms with van der Waals surface area (Å²) in [5, 5.41) is 15.2. The summed E-state index contributed by atoms with van der Waals surface area (Å²) in [6.07, 6.45) is 4.00. The lowest BCUT2D eigenvalue weighted by Crippen LogP contribution is -2.47. The monoisotopic (exact) mass is 563 g/mol. The summed E-state index contributed by atoms with van der Waals surface area (Å²) < 4.78 is 26.8. The molecular formula is C30H34FN3O5Si. The van der Waals surface area contributed by atoms with Crippen LogP contribution in [0.5, 0.6) is 11.6 Å². The molecule has 210 valence electrons. The number of nitrogens with one attached hydrogen (secondary N) is 1. The van der Waals surface area contributed by atoms with Crippen LogP contribution in [0.25, 0.3) is 10.8 Å². The predicted molar refractivity (Wildman–Crippen MR) is 152 cm³/mol. The zero-order chi connectivity index (χ0) is 28.5. The fourth-order valence-electron chi connectivity index (χ4n) is 4.63. The van der Waals surface area contributed by atoms with Crippen molar-refractivity contribution in [1.82, 2.24) is 14.8 Å². The first-order chi connectivity index (χ1) is 19.1. The van der Waals surface area contributed by atoms with E-state index in [1.54, 1.807) is 18.3 Å². The molecule has 2 aromatic carbocycles. The van der Waals surface area contributed by atoms with Crippen LogP contribution in [-0.2, 0) is 21.6 Å². The molecule has 2 fully saturated rings. The number of carbonyl (C=O) groups is 2. The van der Waals surface area contributed by atoms with Gasteiger partial charge in [-0.1, -0.05) is 43.6 Å². The Labute approximate surface area is 234 Å². The highest BCUT2D eigenvalue weighted by molar-refractivity contribution is 6.76. The van der Waals surface area contributed by atoms with Crippen LogP contribution in [-0.4, -0.2) is 54.5 Å². The normalized spacial score (nSPS) is 19.1. The second-order valence-electron chi connectivity index (χ2n) is 11.6. The molecule has 40 heavy (non-hydrogen) atoms. The lowest BCUT2D eigenvalue weighted by atomic mass is 9.89. The molecule has 0 radical (unpaired) electrons. The fourth-order valence-corrected chi connectivity index (χ4v) is 5.39. The molecule has 8 nitrogen and oxygen atoms in total. The first-order valence-electron chi connectivity index (χ1n) is 13.5. The molecule has 1 atom stereocenters. The van der Waals surface area contributed by atoms with Gasteiger partial charge in [-0.3, -0.25) is 4.79 Å². The summed E-state index contributed by atoms with van der Waals surface area (Å²) >= 11 is 0. The van der Waals surface area contributed by atoms with E-state index in [1.807, 2.05) is 6.07 Å². The maximum absolute atomic E-state index is 13.8. The second-order valence-corrected chi connectivity index (χ2v) is 17.3. The summed E-state index contributed by atoms with van der Waals surface area (Å²) in [4.78, 5) is 27.9. The third kappa shape index (κ3) is 6.00. The molecule has 1 aliphatic carbocycles. The number of benzene rings is 2. The highest BCUT2D eigenvalue weighted by atomic mass is 28.3. The lowest BCUT2D eigenvalue weighted by Gasteiger charge is -2.28. The number of imide groups is 1. The number of amides is 3. The number of carbonyl (C=O) groups excluding carboxylic acids is 2. The number of ether oxygens (including phenoxy) is 2. The molecule has 5 rings (SSSR count). The molecule has 1 saturated carbocycles. The van der Waals surface area contributed by atoms with E-state index in [4.69, 9.17) is 9.47 Å². The maximum Gasteiger partial charge on any atom is 0.327 e. The van der Waals surface area contributed by atoms with Crippen LogP contribution in [0.3, 0.4) is 0 Å². The van der Waals surface area contributed by atoms with Crippen molar-refractivity contribution in [3.8, 4) is 23.5 Å². The smallest absolute Gasteiger partial charge is 0.327 e. The molecule has 0 bridgehead atoms. The number of urea groups is 1. The van der Waals surface area contributed by atoms with Gasteiger partial charge in [-0.15, -0.1) is 0 Å². The van der Waals surface area contributed by atoms with Gasteiger partial charge in [0.1, 0.15) is 24.9 Å². The fraction of sp³-hybridized carbons (Fsp3) is 0.400. The first-order valence-corrected chi connectivity index (χ1v) is 17.2. The van der Waals surface area contributed by atoms with Gasteiger partial charge in [-0.05, 0) is 54.8 Å². The number of nitrogens with zero attached hydrogens (tertiary/aromatic N) is 2. The van der Waals surface area contributed by atoms with Gasteiger partial charge < -0.3 is 24.5 Å². The largest absolute Gasteiger partial charge is 0.494 e. The maximum atomic E-state index is 13.8. The van der Waals surface area contributed by atoms with Crippen LogP contribution in [0.1, 0.15) is 18.4 Å². The number of aromatic nitrogens is 1. The Bertz CT molecular complexity index is 1480. The standard InChI is InChI=1S/C30H34FN3O5Si/c1-40(2,3)16-15-38-20-34-28(36)30(32-29(34)37,23-9-11-24(31)12-10-23)19-33-18-22-8-13-25(17-26(22)27(33)35)39-14-4-5-21-6-7-21/h8-13,17-18,21,35H,6-7,14-16,19-20H2,1-3H3,(H,32,37)/t30-/m0/s1. The quantitative estimate of drug-likeness (QED) is 0.156. The topological polar surface area (TPSA) is 93.0 Å². The van der Waals surface area contributed by atoms with Crippen molar-refractivity contribution >= 4 is 30.8 Å². The zero-order valence-electron chi connectivity index (χ0n) is 23.0. The minimum Gasteiger partial charge on any atom is -0.494 e. The third-order valence-corrected chi connectivity index (χ3v) is 8.87. The van der Waals surface area contributed by atoms with Crippen LogP contribution in [0.2, 0.25) is 25.7 Å². The van der Waals surface area contributed by atoms with E-state index in [2.05, 4.69) is 36.8 Å². The van der Waals surface area contributed by atoms with Crippen LogP contribution in [0.15, 0.2) is 48.7 Å². The third-order valence-electron chi connectivity index (χ3n) is 7.16. The molecular weight excluding hydrogens is 529 g/mol. The van der Waals surface area contributed by atoms with E-state index < -0.39 is 31.4 Å². The molecule has 0 spiro atoms. The van der Waals surface area contributed by atoms with E-state index >= 15 is 0 Å². The summed E-state index contributed by atoms with van der Waals surface area (Å²) in [6, 6.07) is 11.0. The summed E-state index contributed by atoms with van der Waals surface area (Å²) in [5.74, 6) is 6.13. The number of halogens is 1. The minimum atomic E-state index is -1.57. The summed E-state index contributed by atoms with van der Waals surface area (Å²) in [7, 11) is -1.36. The van der Waals surface area contributed by atoms with Crippen molar-refractivity contribution in [2.24, 2.45) is 5.92 Å². The lowest BCUT2D eigenvalue weighted by molar-refractivity contribution is -0.135. The molecule has 10 heteroatoms. The Morgan fingerprint density at radius 2 is 1.90 bits per heavy atom. The molecule has 1 aliphatic heterocycles. The average molecular weight is 564 g/mol. The molecule has 0 unspecified atom stereocenters. The van der Waals surface area contributed by atoms with Crippen molar-refractivity contribution < 1.29 is 28.6 Å². The van der Waals surface area contributed by atoms with Gasteiger partial charge in [-0.25, -0.2) is 14.1 Å². The van der Waals surface area contributed by atoms with Gasteiger partial charge in [0, 0.05) is 37.6 Å². The molecule has 3 aromatic rings.